The van der Waals surface area contributed by atoms with Gasteiger partial charge in [0.25, 0.3) is 0 Å². The van der Waals surface area contributed by atoms with Crippen molar-refractivity contribution in [2.45, 2.75) is 25.0 Å². The Labute approximate surface area is 196 Å². The number of amides is 2. The van der Waals surface area contributed by atoms with E-state index in [0.29, 0.717) is 11.1 Å². The molecule has 0 aromatic heterocycles. The van der Waals surface area contributed by atoms with Gasteiger partial charge < -0.3 is 19.7 Å². The van der Waals surface area contributed by atoms with Crippen LogP contribution in [0.5, 0.6) is 11.5 Å². The van der Waals surface area contributed by atoms with Crippen molar-refractivity contribution < 1.29 is 36.3 Å². The second-order valence-electron chi connectivity index (χ2n) is 7.49. The normalized spacial score (nSPS) is 14.7. The van der Waals surface area contributed by atoms with Gasteiger partial charge in [-0.2, -0.15) is 13.1 Å². The van der Waals surface area contributed by atoms with Gasteiger partial charge in [0.2, 0.25) is 10.0 Å². The van der Waals surface area contributed by atoms with Gasteiger partial charge in [0, 0.05) is 38.3 Å². The van der Waals surface area contributed by atoms with Crippen LogP contribution in [0.2, 0.25) is 0 Å². The summed E-state index contributed by atoms with van der Waals surface area (Å²) >= 11 is 0. The fourth-order valence-electron chi connectivity index (χ4n) is 3.45. The molecule has 184 valence electrons. The molecule has 1 heterocycles. The molecule has 1 N–H and O–H groups in total. The zero-order chi connectivity index (χ0) is 24.9. The van der Waals surface area contributed by atoms with Crippen molar-refractivity contribution in [3.05, 3.63) is 53.6 Å². The number of carbonyl (C=O) groups excluding carboxylic acids is 2. The van der Waals surface area contributed by atoms with Crippen LogP contribution < -0.4 is 14.8 Å². The van der Waals surface area contributed by atoms with E-state index >= 15 is 0 Å². The molecule has 9 nitrogen and oxygen atoms in total. The SMILES string of the molecule is COc1cc(CNC(=O)N2CCN(S(=O)(=O)c3ccc(C(C)=O)cc3)CC2)ccc1OC(F)F. The minimum absolute atomic E-state index is 0.0867. The summed E-state index contributed by atoms with van der Waals surface area (Å²) in [4.78, 5) is 25.5. The Bertz CT molecular complexity index is 1130. The number of urea groups is 1. The number of alkyl halides is 2. The van der Waals surface area contributed by atoms with Crippen LogP contribution in [-0.2, 0) is 16.6 Å². The highest BCUT2D eigenvalue weighted by atomic mass is 32.2. The van der Waals surface area contributed by atoms with Crippen molar-refractivity contribution in [2.75, 3.05) is 33.3 Å². The number of benzene rings is 2. The van der Waals surface area contributed by atoms with Gasteiger partial charge in [-0.3, -0.25) is 4.79 Å². The highest BCUT2D eigenvalue weighted by Crippen LogP contribution is 2.29. The maximum Gasteiger partial charge on any atom is 0.387 e. The van der Waals surface area contributed by atoms with Crippen LogP contribution in [0.25, 0.3) is 0 Å². The summed E-state index contributed by atoms with van der Waals surface area (Å²) in [6.45, 7) is -0.828. The first-order valence-corrected chi connectivity index (χ1v) is 11.8. The van der Waals surface area contributed by atoms with Gasteiger partial charge >= 0.3 is 12.6 Å². The van der Waals surface area contributed by atoms with Crippen LogP contribution in [0.3, 0.4) is 0 Å². The molecule has 0 atom stereocenters. The predicted octanol–water partition coefficient (Wildman–Crippen LogP) is 2.72. The molecule has 0 aliphatic carbocycles. The van der Waals surface area contributed by atoms with Crippen LogP contribution in [-0.4, -0.2) is 69.3 Å². The van der Waals surface area contributed by atoms with Crippen molar-refractivity contribution in [1.82, 2.24) is 14.5 Å². The zero-order valence-electron chi connectivity index (χ0n) is 18.7. The smallest absolute Gasteiger partial charge is 0.387 e. The Morgan fingerprint density at radius 3 is 2.24 bits per heavy atom. The van der Waals surface area contributed by atoms with Gasteiger partial charge in [-0.1, -0.05) is 18.2 Å². The molecule has 1 fully saturated rings. The summed E-state index contributed by atoms with van der Waals surface area (Å²) in [5.74, 6) is -0.150. The number of hydrogen-bond donors (Lipinski definition) is 1. The van der Waals surface area contributed by atoms with E-state index in [-0.39, 0.29) is 60.9 Å². The highest BCUT2D eigenvalue weighted by Gasteiger charge is 2.30. The Hall–Kier alpha value is -3.25. The molecule has 3 rings (SSSR count). The lowest BCUT2D eigenvalue weighted by Gasteiger charge is -2.34. The summed E-state index contributed by atoms with van der Waals surface area (Å²) in [5.41, 5.74) is 1.04. The van der Waals surface area contributed by atoms with E-state index < -0.39 is 16.6 Å². The first-order valence-electron chi connectivity index (χ1n) is 10.4. The number of methoxy groups -OCH3 is 1. The van der Waals surface area contributed by atoms with Crippen molar-refractivity contribution in [2.24, 2.45) is 0 Å². The molecule has 1 saturated heterocycles. The fourth-order valence-corrected chi connectivity index (χ4v) is 4.87. The molecule has 0 unspecified atom stereocenters. The minimum atomic E-state index is -3.74. The molecule has 0 spiro atoms. The summed E-state index contributed by atoms with van der Waals surface area (Å²) in [6, 6.07) is 9.71. The van der Waals surface area contributed by atoms with Gasteiger partial charge in [0.15, 0.2) is 17.3 Å². The number of sulfonamides is 1. The molecule has 0 saturated carbocycles. The number of halogens is 2. The number of piperazine rings is 1. The van der Waals surface area contributed by atoms with Crippen LogP contribution >= 0.6 is 0 Å². The van der Waals surface area contributed by atoms with Crippen LogP contribution in [0.15, 0.2) is 47.4 Å². The summed E-state index contributed by atoms with van der Waals surface area (Å²) in [6.07, 6.45) is 0. The van der Waals surface area contributed by atoms with Crippen molar-refractivity contribution in [1.29, 1.82) is 0 Å². The quantitative estimate of drug-likeness (QED) is 0.563. The summed E-state index contributed by atoms with van der Waals surface area (Å²) in [5, 5.41) is 2.72. The number of hydrogen-bond acceptors (Lipinski definition) is 6. The average Bonchev–Trinajstić information content (AvgIpc) is 2.83. The Morgan fingerprint density at radius 2 is 1.68 bits per heavy atom. The largest absolute Gasteiger partial charge is 0.493 e. The topological polar surface area (TPSA) is 105 Å². The molecular weight excluding hydrogens is 472 g/mol. The molecule has 2 amide bonds. The van der Waals surface area contributed by atoms with Crippen LogP contribution in [0.4, 0.5) is 13.6 Å². The fraction of sp³-hybridized carbons (Fsp3) is 0.364. The number of Topliss-reactive ketones (excluding diaryl/α,β-unsaturated/α-hetero) is 1. The maximum absolute atomic E-state index is 12.9. The van der Waals surface area contributed by atoms with Crippen LogP contribution in [0, 0.1) is 0 Å². The number of nitrogens with one attached hydrogen (secondary N) is 1. The van der Waals surface area contributed by atoms with E-state index in [1.165, 1.54) is 65.7 Å². The second-order valence-corrected chi connectivity index (χ2v) is 9.43. The Balaban J connectivity index is 1.55. The molecule has 1 aliphatic rings. The van der Waals surface area contributed by atoms with Gasteiger partial charge in [-0.25, -0.2) is 13.2 Å². The van der Waals surface area contributed by atoms with Gasteiger partial charge in [0.1, 0.15) is 0 Å². The summed E-state index contributed by atoms with van der Waals surface area (Å²) < 4.78 is 61.3. The molecule has 12 heteroatoms. The third-order valence-corrected chi connectivity index (χ3v) is 7.23. The zero-order valence-corrected chi connectivity index (χ0v) is 19.5. The minimum Gasteiger partial charge on any atom is -0.493 e. The summed E-state index contributed by atoms with van der Waals surface area (Å²) in [7, 11) is -2.42. The lowest BCUT2D eigenvalue weighted by Crippen LogP contribution is -2.52. The Kier molecular flexibility index (Phi) is 8.05. The monoisotopic (exact) mass is 497 g/mol. The predicted molar refractivity (Wildman–Crippen MR) is 119 cm³/mol. The molecule has 2 aromatic carbocycles. The third-order valence-electron chi connectivity index (χ3n) is 5.31. The van der Waals surface area contributed by atoms with E-state index in [1.54, 1.807) is 0 Å². The number of ketones is 1. The average molecular weight is 498 g/mol. The molecule has 0 bridgehead atoms. The molecule has 34 heavy (non-hydrogen) atoms. The first-order chi connectivity index (χ1) is 16.1. The van der Waals surface area contributed by atoms with Crippen molar-refractivity contribution in [3.8, 4) is 11.5 Å². The molecule has 0 radical (unpaired) electrons. The van der Waals surface area contributed by atoms with E-state index in [0.717, 1.165) is 0 Å². The molecule has 2 aromatic rings. The van der Waals surface area contributed by atoms with E-state index in [1.807, 2.05) is 0 Å². The van der Waals surface area contributed by atoms with Crippen molar-refractivity contribution in [3.63, 3.8) is 0 Å². The lowest BCUT2D eigenvalue weighted by atomic mass is 10.2. The standard InChI is InChI=1S/C22H25F2N3O6S/c1-15(28)17-4-6-18(7-5-17)34(30,31)27-11-9-26(10-12-27)22(29)25-14-16-3-8-19(33-21(23)24)20(13-16)32-2/h3-8,13,21H,9-12,14H2,1-2H3,(H,25,29). The number of rotatable bonds is 8. The lowest BCUT2D eigenvalue weighted by molar-refractivity contribution is -0.0512. The molecule has 1 aliphatic heterocycles. The van der Waals surface area contributed by atoms with E-state index in [2.05, 4.69) is 10.1 Å². The van der Waals surface area contributed by atoms with Crippen molar-refractivity contribution >= 4 is 21.8 Å². The van der Waals surface area contributed by atoms with Crippen LogP contribution in [0.1, 0.15) is 22.8 Å². The van der Waals surface area contributed by atoms with E-state index in [4.69, 9.17) is 4.74 Å². The number of carbonyl (C=O) groups is 2. The third kappa shape index (κ3) is 6.00. The highest BCUT2D eigenvalue weighted by molar-refractivity contribution is 7.89. The second kappa shape index (κ2) is 10.8. The van der Waals surface area contributed by atoms with Gasteiger partial charge in [-0.05, 0) is 36.8 Å². The van der Waals surface area contributed by atoms with Gasteiger partial charge in [-0.15, -0.1) is 0 Å². The van der Waals surface area contributed by atoms with Gasteiger partial charge in [0.05, 0.1) is 12.0 Å². The maximum atomic E-state index is 12.9. The number of nitrogens with zero attached hydrogens (tertiary/aromatic N) is 2. The number of ether oxygens (including phenoxy) is 2. The van der Waals surface area contributed by atoms with E-state index in [9.17, 15) is 26.8 Å². The molecular formula is C22H25F2N3O6S. The first kappa shape index (κ1) is 25.4. The Morgan fingerprint density at radius 1 is 1.03 bits per heavy atom.